The summed E-state index contributed by atoms with van der Waals surface area (Å²) in [6.07, 6.45) is 2.06. The van der Waals surface area contributed by atoms with Crippen LogP contribution in [0.25, 0.3) is 0 Å². The highest BCUT2D eigenvalue weighted by molar-refractivity contribution is 7.89. The highest BCUT2D eigenvalue weighted by Crippen LogP contribution is 2.16. The fourth-order valence-electron chi connectivity index (χ4n) is 1.22. The maximum atomic E-state index is 11.9. The van der Waals surface area contributed by atoms with Crippen LogP contribution in [0, 0.1) is 0 Å². The monoisotopic (exact) mass is 260 g/mol. The first-order valence-corrected chi connectivity index (χ1v) is 6.50. The minimum Gasteiger partial charge on any atom is -0.385 e. The Morgan fingerprint density at radius 1 is 1.53 bits per heavy atom. The van der Waals surface area contributed by atoms with Gasteiger partial charge in [0.15, 0.2) is 5.82 Å². The molecule has 0 radical (unpaired) electrons. The lowest BCUT2D eigenvalue weighted by atomic mass is 10.5. The van der Waals surface area contributed by atoms with Crippen LogP contribution in [0.3, 0.4) is 0 Å². The van der Waals surface area contributed by atoms with Crippen molar-refractivity contribution in [3.8, 4) is 0 Å². The molecule has 0 aliphatic carbocycles. The van der Waals surface area contributed by atoms with Gasteiger partial charge in [-0.1, -0.05) is 0 Å². The lowest BCUT2D eigenvalue weighted by Gasteiger charge is -2.09. The highest BCUT2D eigenvalue weighted by Gasteiger charge is 2.17. The molecule has 0 amide bonds. The number of hydrogen-bond donors (Lipinski definition) is 3. The second-order valence-electron chi connectivity index (χ2n) is 3.24. The molecule has 1 rings (SSSR count). The number of anilines is 1. The number of methoxy groups -OCH3 is 1. The molecule has 0 aliphatic rings. The SMILES string of the molecule is COCCCNS(=O)(=O)c1cccnc1NN. The number of ether oxygens (including phenoxy) is 1. The van der Waals surface area contributed by atoms with Gasteiger partial charge in [0.1, 0.15) is 4.90 Å². The van der Waals surface area contributed by atoms with Crippen molar-refractivity contribution in [2.45, 2.75) is 11.3 Å². The van der Waals surface area contributed by atoms with Gasteiger partial charge in [-0.3, -0.25) is 0 Å². The number of nitrogen functional groups attached to an aromatic ring is 1. The zero-order chi connectivity index (χ0) is 12.7. The van der Waals surface area contributed by atoms with Crippen LogP contribution < -0.4 is 16.0 Å². The third-order valence-electron chi connectivity index (χ3n) is 2.01. The molecule has 0 saturated heterocycles. The molecule has 7 nitrogen and oxygen atoms in total. The minimum absolute atomic E-state index is 0.0277. The van der Waals surface area contributed by atoms with E-state index in [1.807, 2.05) is 0 Å². The fraction of sp³-hybridized carbons (Fsp3) is 0.444. The molecule has 8 heteroatoms. The van der Waals surface area contributed by atoms with Crippen molar-refractivity contribution >= 4 is 15.8 Å². The number of nitrogens with one attached hydrogen (secondary N) is 2. The third kappa shape index (κ3) is 3.93. The maximum Gasteiger partial charge on any atom is 0.244 e. The molecule has 17 heavy (non-hydrogen) atoms. The molecule has 0 aromatic carbocycles. The molecule has 0 spiro atoms. The standard InChI is InChI=1S/C9H16N4O3S/c1-16-7-3-6-12-17(14,15)8-4-2-5-11-9(8)13-10/h2,4-5,12H,3,6-7,10H2,1H3,(H,11,13). The van der Waals surface area contributed by atoms with Gasteiger partial charge in [-0.2, -0.15) is 0 Å². The lowest BCUT2D eigenvalue weighted by Crippen LogP contribution is -2.27. The Bertz CT molecular complexity index is 449. The van der Waals surface area contributed by atoms with Gasteiger partial charge in [-0.05, 0) is 18.6 Å². The number of sulfonamides is 1. The fourth-order valence-corrected chi connectivity index (χ4v) is 2.41. The van der Waals surface area contributed by atoms with E-state index in [4.69, 9.17) is 10.6 Å². The van der Waals surface area contributed by atoms with Gasteiger partial charge in [0.25, 0.3) is 0 Å². The van der Waals surface area contributed by atoms with E-state index in [0.29, 0.717) is 19.6 Å². The van der Waals surface area contributed by atoms with Crippen molar-refractivity contribution in [3.63, 3.8) is 0 Å². The normalized spacial score (nSPS) is 11.4. The number of hydrazine groups is 1. The lowest BCUT2D eigenvalue weighted by molar-refractivity contribution is 0.196. The van der Waals surface area contributed by atoms with Crippen LogP contribution >= 0.6 is 0 Å². The summed E-state index contributed by atoms with van der Waals surface area (Å²) in [6, 6.07) is 2.96. The van der Waals surface area contributed by atoms with E-state index in [9.17, 15) is 8.42 Å². The van der Waals surface area contributed by atoms with Crippen LogP contribution in [-0.4, -0.2) is 33.7 Å². The second kappa shape index (κ2) is 6.50. The Balaban J connectivity index is 2.75. The van der Waals surface area contributed by atoms with Crippen molar-refractivity contribution in [3.05, 3.63) is 18.3 Å². The van der Waals surface area contributed by atoms with Gasteiger partial charge < -0.3 is 10.2 Å². The number of hydrogen-bond acceptors (Lipinski definition) is 6. The molecule has 0 atom stereocenters. The molecule has 1 heterocycles. The topological polar surface area (TPSA) is 106 Å². The van der Waals surface area contributed by atoms with Crippen LogP contribution in [-0.2, 0) is 14.8 Å². The quantitative estimate of drug-likeness (QED) is 0.352. The van der Waals surface area contributed by atoms with E-state index in [0.717, 1.165) is 0 Å². The predicted molar refractivity (Wildman–Crippen MR) is 63.7 cm³/mol. The van der Waals surface area contributed by atoms with Crippen LogP contribution in [0.4, 0.5) is 5.82 Å². The molecular formula is C9H16N4O3S. The van der Waals surface area contributed by atoms with Crippen molar-refractivity contribution in [2.75, 3.05) is 25.7 Å². The molecule has 0 unspecified atom stereocenters. The number of nitrogens with zero attached hydrogens (tertiary/aromatic N) is 1. The smallest absolute Gasteiger partial charge is 0.244 e. The summed E-state index contributed by atoms with van der Waals surface area (Å²) in [7, 11) is -2.03. The average molecular weight is 260 g/mol. The first-order valence-electron chi connectivity index (χ1n) is 5.02. The summed E-state index contributed by atoms with van der Waals surface area (Å²) < 4.78 is 31.0. The molecule has 1 aromatic heterocycles. The third-order valence-corrected chi connectivity index (χ3v) is 3.51. The Morgan fingerprint density at radius 3 is 2.94 bits per heavy atom. The van der Waals surface area contributed by atoms with Gasteiger partial charge in [0, 0.05) is 26.5 Å². The number of rotatable bonds is 7. The molecule has 4 N–H and O–H groups in total. The molecule has 0 saturated carbocycles. The Labute approximate surface area is 100 Å². The molecule has 0 bridgehead atoms. The molecule has 0 fully saturated rings. The summed E-state index contributed by atoms with van der Waals surface area (Å²) in [5.41, 5.74) is 2.25. The van der Waals surface area contributed by atoms with E-state index in [1.54, 1.807) is 7.11 Å². The molecular weight excluding hydrogens is 244 g/mol. The first kappa shape index (κ1) is 13.8. The van der Waals surface area contributed by atoms with E-state index >= 15 is 0 Å². The first-order chi connectivity index (χ1) is 8.11. The largest absolute Gasteiger partial charge is 0.385 e. The zero-order valence-corrected chi connectivity index (χ0v) is 10.3. The Kier molecular flexibility index (Phi) is 5.29. The zero-order valence-electron chi connectivity index (χ0n) is 9.51. The van der Waals surface area contributed by atoms with E-state index in [-0.39, 0.29) is 10.7 Å². The van der Waals surface area contributed by atoms with Crippen molar-refractivity contribution in [1.82, 2.24) is 9.71 Å². The van der Waals surface area contributed by atoms with E-state index in [2.05, 4.69) is 15.1 Å². The van der Waals surface area contributed by atoms with Gasteiger partial charge in [0.2, 0.25) is 10.0 Å². The summed E-state index contributed by atoms with van der Waals surface area (Å²) in [5, 5.41) is 0. The second-order valence-corrected chi connectivity index (χ2v) is 4.97. The molecule has 96 valence electrons. The Morgan fingerprint density at radius 2 is 2.29 bits per heavy atom. The van der Waals surface area contributed by atoms with Crippen LogP contribution in [0.1, 0.15) is 6.42 Å². The summed E-state index contributed by atoms with van der Waals surface area (Å²) >= 11 is 0. The summed E-state index contributed by atoms with van der Waals surface area (Å²) in [5.74, 6) is 5.32. The van der Waals surface area contributed by atoms with E-state index in [1.165, 1.54) is 18.3 Å². The number of aromatic nitrogens is 1. The van der Waals surface area contributed by atoms with Gasteiger partial charge in [-0.25, -0.2) is 24.0 Å². The average Bonchev–Trinajstić information content (AvgIpc) is 2.34. The predicted octanol–water partition coefficient (Wildman–Crippen LogP) is -0.318. The number of pyridine rings is 1. The maximum absolute atomic E-state index is 11.9. The van der Waals surface area contributed by atoms with Gasteiger partial charge in [-0.15, -0.1) is 0 Å². The van der Waals surface area contributed by atoms with Crippen molar-refractivity contribution in [1.29, 1.82) is 0 Å². The minimum atomic E-state index is -3.59. The van der Waals surface area contributed by atoms with Gasteiger partial charge in [0.05, 0.1) is 0 Å². The highest BCUT2D eigenvalue weighted by atomic mass is 32.2. The Hall–Kier alpha value is -1.22. The summed E-state index contributed by atoms with van der Waals surface area (Å²) in [6.45, 7) is 0.798. The van der Waals surface area contributed by atoms with Crippen molar-refractivity contribution < 1.29 is 13.2 Å². The van der Waals surface area contributed by atoms with E-state index < -0.39 is 10.0 Å². The van der Waals surface area contributed by atoms with Crippen molar-refractivity contribution in [2.24, 2.45) is 5.84 Å². The van der Waals surface area contributed by atoms with Crippen LogP contribution in [0.2, 0.25) is 0 Å². The van der Waals surface area contributed by atoms with Crippen LogP contribution in [0.5, 0.6) is 0 Å². The van der Waals surface area contributed by atoms with Gasteiger partial charge >= 0.3 is 0 Å². The summed E-state index contributed by atoms with van der Waals surface area (Å²) in [4.78, 5) is 3.86. The molecule has 1 aromatic rings. The van der Waals surface area contributed by atoms with Crippen LogP contribution in [0.15, 0.2) is 23.2 Å². The number of nitrogens with two attached hydrogens (primary N) is 1. The molecule has 0 aliphatic heterocycles.